The number of nitrogens with two attached hydrogens (primary N) is 1. The second-order valence-electron chi connectivity index (χ2n) is 5.85. The van der Waals surface area contributed by atoms with Crippen LogP contribution in [-0.4, -0.2) is 20.2 Å². The first-order chi connectivity index (χ1) is 9.34. The lowest BCUT2D eigenvalue weighted by atomic mass is 9.90. The molecule has 0 aliphatic heterocycles. The van der Waals surface area contributed by atoms with E-state index in [0.717, 1.165) is 6.42 Å². The van der Waals surface area contributed by atoms with Gasteiger partial charge in [0.15, 0.2) is 5.82 Å². The molecule has 108 valence electrons. The van der Waals surface area contributed by atoms with Gasteiger partial charge in [-0.3, -0.25) is 0 Å². The number of nitrogens with zero attached hydrogens (tertiary/aromatic N) is 4. The third-order valence-electron chi connectivity index (χ3n) is 3.71. The standard InChI is InChI=1S/C14H20FN5/c1-5-14(3,4)8-20-13(17-18-19-20)10-6-11(15)9(2)12(16)7-10/h6-7H,5,8,16H2,1-4H3. The predicted molar refractivity (Wildman–Crippen MR) is 76.4 cm³/mol. The number of rotatable bonds is 4. The van der Waals surface area contributed by atoms with Gasteiger partial charge in [-0.15, -0.1) is 5.10 Å². The fourth-order valence-electron chi connectivity index (χ4n) is 1.86. The van der Waals surface area contributed by atoms with E-state index in [1.54, 1.807) is 17.7 Å². The van der Waals surface area contributed by atoms with Gasteiger partial charge in [-0.25, -0.2) is 9.07 Å². The minimum absolute atomic E-state index is 0.0684. The monoisotopic (exact) mass is 277 g/mol. The molecule has 0 spiro atoms. The summed E-state index contributed by atoms with van der Waals surface area (Å²) in [6.45, 7) is 8.72. The lowest BCUT2D eigenvalue weighted by molar-refractivity contribution is 0.279. The summed E-state index contributed by atoms with van der Waals surface area (Å²) >= 11 is 0. The van der Waals surface area contributed by atoms with Crippen LogP contribution in [-0.2, 0) is 6.54 Å². The van der Waals surface area contributed by atoms with Crippen LogP contribution in [0.5, 0.6) is 0 Å². The minimum Gasteiger partial charge on any atom is -0.398 e. The maximum Gasteiger partial charge on any atom is 0.182 e. The summed E-state index contributed by atoms with van der Waals surface area (Å²) in [6.07, 6.45) is 0.997. The summed E-state index contributed by atoms with van der Waals surface area (Å²) < 4.78 is 15.5. The quantitative estimate of drug-likeness (QED) is 0.872. The molecule has 1 aromatic carbocycles. The van der Waals surface area contributed by atoms with Crippen LogP contribution in [0.25, 0.3) is 11.4 Å². The number of hydrogen-bond donors (Lipinski definition) is 1. The topological polar surface area (TPSA) is 69.6 Å². The number of hydrogen-bond acceptors (Lipinski definition) is 4. The van der Waals surface area contributed by atoms with Crippen LogP contribution in [0.3, 0.4) is 0 Å². The van der Waals surface area contributed by atoms with E-state index >= 15 is 0 Å². The number of benzene rings is 1. The van der Waals surface area contributed by atoms with E-state index in [1.807, 2.05) is 0 Å². The van der Waals surface area contributed by atoms with E-state index in [0.29, 0.717) is 29.2 Å². The normalized spacial score (nSPS) is 11.8. The van der Waals surface area contributed by atoms with Gasteiger partial charge in [-0.1, -0.05) is 20.8 Å². The molecule has 0 aliphatic rings. The number of anilines is 1. The van der Waals surface area contributed by atoms with Crippen molar-refractivity contribution < 1.29 is 4.39 Å². The van der Waals surface area contributed by atoms with Crippen molar-refractivity contribution in [2.75, 3.05) is 5.73 Å². The molecule has 1 heterocycles. The molecule has 5 nitrogen and oxygen atoms in total. The van der Waals surface area contributed by atoms with Crippen molar-refractivity contribution in [3.05, 3.63) is 23.5 Å². The fraction of sp³-hybridized carbons (Fsp3) is 0.500. The Morgan fingerprint density at radius 2 is 2.05 bits per heavy atom. The van der Waals surface area contributed by atoms with E-state index in [9.17, 15) is 4.39 Å². The summed E-state index contributed by atoms with van der Waals surface area (Å²) in [5, 5.41) is 11.7. The van der Waals surface area contributed by atoms with Gasteiger partial charge in [-0.05, 0) is 41.3 Å². The Morgan fingerprint density at radius 3 is 2.65 bits per heavy atom. The lowest BCUT2D eigenvalue weighted by Crippen LogP contribution is -2.20. The molecule has 6 heteroatoms. The first-order valence-electron chi connectivity index (χ1n) is 6.66. The zero-order valence-corrected chi connectivity index (χ0v) is 12.3. The Balaban J connectivity index is 2.42. The summed E-state index contributed by atoms with van der Waals surface area (Å²) in [5.74, 6) is 0.196. The van der Waals surface area contributed by atoms with Crippen molar-refractivity contribution >= 4 is 5.69 Å². The molecular weight excluding hydrogens is 257 g/mol. The second-order valence-corrected chi connectivity index (χ2v) is 5.85. The highest BCUT2D eigenvalue weighted by Crippen LogP contribution is 2.27. The van der Waals surface area contributed by atoms with Crippen molar-refractivity contribution in [1.82, 2.24) is 20.2 Å². The van der Waals surface area contributed by atoms with Crippen LogP contribution in [0.2, 0.25) is 0 Å². The lowest BCUT2D eigenvalue weighted by Gasteiger charge is -2.22. The Hall–Kier alpha value is -1.98. The Labute approximate surface area is 118 Å². The van der Waals surface area contributed by atoms with E-state index in [4.69, 9.17) is 5.73 Å². The highest BCUT2D eigenvalue weighted by molar-refractivity contribution is 5.63. The molecule has 0 radical (unpaired) electrons. The average Bonchev–Trinajstić information content (AvgIpc) is 2.82. The van der Waals surface area contributed by atoms with E-state index in [1.165, 1.54) is 6.07 Å². The van der Waals surface area contributed by atoms with Crippen LogP contribution < -0.4 is 5.73 Å². The van der Waals surface area contributed by atoms with E-state index in [2.05, 4.69) is 36.3 Å². The number of halogens is 1. The Morgan fingerprint density at radius 1 is 1.35 bits per heavy atom. The maximum atomic E-state index is 13.8. The van der Waals surface area contributed by atoms with Gasteiger partial charge >= 0.3 is 0 Å². The summed E-state index contributed by atoms with van der Waals surface area (Å²) in [7, 11) is 0. The van der Waals surface area contributed by atoms with Gasteiger partial charge in [0.25, 0.3) is 0 Å². The molecule has 0 unspecified atom stereocenters. The molecule has 0 aliphatic carbocycles. The Kier molecular flexibility index (Phi) is 3.74. The molecule has 1 aromatic heterocycles. The largest absolute Gasteiger partial charge is 0.398 e. The molecule has 0 saturated carbocycles. The molecule has 2 N–H and O–H groups in total. The van der Waals surface area contributed by atoms with Crippen LogP contribution in [0.4, 0.5) is 10.1 Å². The highest BCUT2D eigenvalue weighted by atomic mass is 19.1. The highest BCUT2D eigenvalue weighted by Gasteiger charge is 2.20. The van der Waals surface area contributed by atoms with Gasteiger partial charge in [-0.2, -0.15) is 0 Å². The van der Waals surface area contributed by atoms with Crippen LogP contribution >= 0.6 is 0 Å². The van der Waals surface area contributed by atoms with E-state index < -0.39 is 0 Å². The van der Waals surface area contributed by atoms with Crippen LogP contribution in [0, 0.1) is 18.2 Å². The van der Waals surface area contributed by atoms with Crippen molar-refractivity contribution in [2.45, 2.75) is 40.7 Å². The molecule has 2 rings (SSSR count). The first-order valence-corrected chi connectivity index (χ1v) is 6.66. The second kappa shape index (κ2) is 5.19. The number of aromatic nitrogens is 4. The molecule has 0 saturated heterocycles. The molecule has 0 atom stereocenters. The van der Waals surface area contributed by atoms with Crippen molar-refractivity contribution in [3.8, 4) is 11.4 Å². The molecule has 2 aromatic rings. The van der Waals surface area contributed by atoms with Crippen molar-refractivity contribution in [1.29, 1.82) is 0 Å². The molecule has 0 amide bonds. The zero-order chi connectivity index (χ0) is 14.9. The van der Waals surface area contributed by atoms with Crippen molar-refractivity contribution in [2.24, 2.45) is 5.41 Å². The van der Waals surface area contributed by atoms with Crippen LogP contribution in [0.1, 0.15) is 32.8 Å². The van der Waals surface area contributed by atoms with Gasteiger partial charge in [0.1, 0.15) is 5.82 Å². The molecule has 0 bridgehead atoms. The Bertz CT molecular complexity index is 595. The third kappa shape index (κ3) is 2.79. The molecular formula is C14H20FN5. The van der Waals surface area contributed by atoms with Gasteiger partial charge in [0.05, 0.1) is 6.54 Å². The predicted octanol–water partition coefficient (Wildman–Crippen LogP) is 2.81. The van der Waals surface area contributed by atoms with Crippen molar-refractivity contribution in [3.63, 3.8) is 0 Å². The van der Waals surface area contributed by atoms with Crippen LogP contribution in [0.15, 0.2) is 12.1 Å². The number of nitrogen functional groups attached to an aromatic ring is 1. The third-order valence-corrected chi connectivity index (χ3v) is 3.71. The minimum atomic E-state index is -0.343. The summed E-state index contributed by atoms with van der Waals surface area (Å²) in [6, 6.07) is 3.13. The van der Waals surface area contributed by atoms with Gasteiger partial charge in [0, 0.05) is 16.8 Å². The first kappa shape index (κ1) is 14.4. The van der Waals surface area contributed by atoms with Gasteiger partial charge in [0.2, 0.25) is 0 Å². The zero-order valence-electron chi connectivity index (χ0n) is 12.3. The fourth-order valence-corrected chi connectivity index (χ4v) is 1.86. The summed E-state index contributed by atoms with van der Waals surface area (Å²) in [4.78, 5) is 0. The summed E-state index contributed by atoms with van der Waals surface area (Å²) in [5.41, 5.74) is 7.33. The van der Waals surface area contributed by atoms with Gasteiger partial charge < -0.3 is 5.73 Å². The smallest absolute Gasteiger partial charge is 0.182 e. The van der Waals surface area contributed by atoms with E-state index in [-0.39, 0.29) is 11.2 Å². The molecule has 0 fully saturated rings. The molecule has 20 heavy (non-hydrogen) atoms. The number of tetrazole rings is 1. The average molecular weight is 277 g/mol. The SMILES string of the molecule is CCC(C)(C)Cn1nnnc1-c1cc(N)c(C)c(F)c1. The maximum absolute atomic E-state index is 13.8.